The highest BCUT2D eigenvalue weighted by atomic mass is 16.5. The molecule has 1 saturated carbocycles. The quantitative estimate of drug-likeness (QED) is 0.701. The van der Waals surface area contributed by atoms with Crippen LogP contribution in [0, 0.1) is 5.92 Å². The van der Waals surface area contributed by atoms with Gasteiger partial charge < -0.3 is 19.3 Å². The van der Waals surface area contributed by atoms with Crippen LogP contribution in [0.3, 0.4) is 0 Å². The molecule has 23 heavy (non-hydrogen) atoms. The van der Waals surface area contributed by atoms with Gasteiger partial charge in [-0.15, -0.1) is 0 Å². The smallest absolute Gasteiger partial charge is 0.255 e. The van der Waals surface area contributed by atoms with Gasteiger partial charge in [0.25, 0.3) is 5.91 Å². The summed E-state index contributed by atoms with van der Waals surface area (Å²) in [6.07, 6.45) is 2.05. The largest absolute Gasteiger partial charge is 0.492 e. The van der Waals surface area contributed by atoms with Crippen molar-refractivity contribution in [2.75, 3.05) is 45.8 Å². The van der Waals surface area contributed by atoms with Crippen molar-refractivity contribution >= 4 is 11.6 Å². The summed E-state index contributed by atoms with van der Waals surface area (Å²) in [4.78, 5) is 16.1. The van der Waals surface area contributed by atoms with E-state index in [1.807, 2.05) is 45.3 Å². The van der Waals surface area contributed by atoms with Gasteiger partial charge in [-0.25, -0.2) is 0 Å². The van der Waals surface area contributed by atoms with Crippen molar-refractivity contribution in [3.05, 3.63) is 24.3 Å². The van der Waals surface area contributed by atoms with Gasteiger partial charge in [0.2, 0.25) is 0 Å². The van der Waals surface area contributed by atoms with Crippen LogP contribution in [-0.2, 0) is 9.53 Å². The van der Waals surface area contributed by atoms with Gasteiger partial charge in [0, 0.05) is 19.3 Å². The summed E-state index contributed by atoms with van der Waals surface area (Å²) in [5, 5.41) is 0. The molecule has 1 amide bonds. The zero-order valence-electron chi connectivity index (χ0n) is 14.6. The molecule has 0 bridgehead atoms. The zero-order chi connectivity index (χ0) is 16.8. The second kappa shape index (κ2) is 8.31. The van der Waals surface area contributed by atoms with Crippen LogP contribution in [0.15, 0.2) is 24.3 Å². The Morgan fingerprint density at radius 3 is 2.43 bits per heavy atom. The molecule has 1 aromatic carbocycles. The fraction of sp³-hybridized carbons (Fsp3) is 0.611. The maximum Gasteiger partial charge on any atom is 0.255 e. The summed E-state index contributed by atoms with van der Waals surface area (Å²) in [6, 6.07) is 7.59. The third-order valence-corrected chi connectivity index (χ3v) is 3.99. The molecule has 1 aromatic rings. The van der Waals surface area contributed by atoms with Crippen LogP contribution < -0.4 is 9.64 Å². The lowest BCUT2D eigenvalue weighted by Gasteiger charge is -2.22. The lowest BCUT2D eigenvalue weighted by molar-refractivity contribution is -0.128. The maximum absolute atomic E-state index is 12.4. The highest BCUT2D eigenvalue weighted by Gasteiger charge is 2.25. The van der Waals surface area contributed by atoms with Crippen molar-refractivity contribution in [1.29, 1.82) is 0 Å². The van der Waals surface area contributed by atoms with E-state index in [1.165, 1.54) is 12.8 Å². The van der Waals surface area contributed by atoms with E-state index in [0.717, 1.165) is 18.0 Å². The summed E-state index contributed by atoms with van der Waals surface area (Å²) in [5.74, 6) is 1.45. The first kappa shape index (κ1) is 17.8. The Morgan fingerprint density at radius 2 is 1.87 bits per heavy atom. The number of rotatable bonds is 9. The molecule has 0 heterocycles. The Bertz CT molecular complexity index is 497. The Balaban J connectivity index is 1.82. The van der Waals surface area contributed by atoms with Crippen LogP contribution in [0.25, 0.3) is 0 Å². The van der Waals surface area contributed by atoms with Crippen molar-refractivity contribution in [2.45, 2.75) is 25.9 Å². The number of carbonyl (C=O) groups is 1. The van der Waals surface area contributed by atoms with E-state index < -0.39 is 6.10 Å². The molecule has 2 rings (SSSR count). The first-order chi connectivity index (χ1) is 11.0. The minimum atomic E-state index is -0.406. The van der Waals surface area contributed by atoms with Crippen LogP contribution >= 0.6 is 0 Å². The molecule has 1 aliphatic carbocycles. The molecule has 0 unspecified atom stereocenters. The minimum absolute atomic E-state index is 0.0214. The topological polar surface area (TPSA) is 42.0 Å². The molecule has 1 fully saturated rings. The summed E-state index contributed by atoms with van der Waals surface area (Å²) in [7, 11) is 5.81. The van der Waals surface area contributed by atoms with Gasteiger partial charge in [-0.2, -0.15) is 0 Å². The molecule has 5 nitrogen and oxygen atoms in total. The number of amides is 1. The van der Waals surface area contributed by atoms with Crippen LogP contribution in [-0.4, -0.2) is 57.8 Å². The first-order valence-electron chi connectivity index (χ1n) is 8.24. The van der Waals surface area contributed by atoms with Crippen LogP contribution in [0.1, 0.15) is 19.8 Å². The summed E-state index contributed by atoms with van der Waals surface area (Å²) >= 11 is 0. The van der Waals surface area contributed by atoms with Gasteiger partial charge in [-0.05, 0) is 64.0 Å². The summed E-state index contributed by atoms with van der Waals surface area (Å²) in [5.41, 5.74) is 0.844. The Morgan fingerprint density at radius 1 is 1.22 bits per heavy atom. The molecule has 0 aliphatic heterocycles. The number of benzene rings is 1. The summed E-state index contributed by atoms with van der Waals surface area (Å²) < 4.78 is 11.3. The van der Waals surface area contributed by atoms with Gasteiger partial charge in [0.1, 0.15) is 18.5 Å². The van der Waals surface area contributed by atoms with Crippen molar-refractivity contribution in [1.82, 2.24) is 4.90 Å². The second-order valence-corrected chi connectivity index (χ2v) is 6.46. The lowest BCUT2D eigenvalue weighted by atomic mass is 10.2. The highest BCUT2D eigenvalue weighted by molar-refractivity contribution is 5.95. The third-order valence-electron chi connectivity index (χ3n) is 3.99. The normalized spacial score (nSPS) is 15.5. The Kier molecular flexibility index (Phi) is 6.42. The number of carbonyl (C=O) groups excluding carboxylic acids is 1. The van der Waals surface area contributed by atoms with E-state index in [2.05, 4.69) is 4.90 Å². The number of likely N-dealkylation sites (N-methyl/N-ethyl adjacent to an activating group) is 2. The average molecular weight is 320 g/mol. The molecular weight excluding hydrogens is 292 g/mol. The van der Waals surface area contributed by atoms with Gasteiger partial charge in [0.05, 0.1) is 6.61 Å². The monoisotopic (exact) mass is 320 g/mol. The number of nitrogens with zero attached hydrogens (tertiary/aromatic N) is 2. The van der Waals surface area contributed by atoms with Gasteiger partial charge in [-0.3, -0.25) is 4.79 Å². The molecule has 1 atom stereocenters. The van der Waals surface area contributed by atoms with Crippen molar-refractivity contribution in [2.24, 2.45) is 5.92 Å². The predicted molar refractivity (Wildman–Crippen MR) is 92.0 cm³/mol. The molecule has 1 aliphatic rings. The number of hydrogen-bond donors (Lipinski definition) is 0. The molecule has 0 N–H and O–H groups in total. The van der Waals surface area contributed by atoms with Crippen LogP contribution in [0.2, 0.25) is 0 Å². The SMILES string of the molecule is C[C@@H](OCC1CC1)C(=O)N(C)c1ccc(OCCN(C)C)cc1. The summed E-state index contributed by atoms with van der Waals surface area (Å²) in [6.45, 7) is 4.03. The Hall–Kier alpha value is -1.59. The number of ether oxygens (including phenoxy) is 2. The van der Waals surface area contributed by atoms with Crippen molar-refractivity contribution in [3.8, 4) is 5.75 Å². The molecule has 0 saturated heterocycles. The average Bonchev–Trinajstić information content (AvgIpc) is 3.36. The minimum Gasteiger partial charge on any atom is -0.492 e. The maximum atomic E-state index is 12.4. The van der Waals surface area contributed by atoms with E-state index in [-0.39, 0.29) is 5.91 Å². The second-order valence-electron chi connectivity index (χ2n) is 6.46. The molecule has 128 valence electrons. The Labute approximate surface area is 139 Å². The van der Waals surface area contributed by atoms with E-state index in [0.29, 0.717) is 19.1 Å². The third kappa shape index (κ3) is 5.84. The number of anilines is 1. The molecular formula is C18H28N2O3. The highest BCUT2D eigenvalue weighted by Crippen LogP contribution is 2.29. The van der Waals surface area contributed by atoms with Gasteiger partial charge in [-0.1, -0.05) is 0 Å². The van der Waals surface area contributed by atoms with E-state index in [4.69, 9.17) is 9.47 Å². The zero-order valence-corrected chi connectivity index (χ0v) is 14.6. The molecule has 0 aromatic heterocycles. The van der Waals surface area contributed by atoms with Gasteiger partial charge >= 0.3 is 0 Å². The first-order valence-corrected chi connectivity index (χ1v) is 8.24. The number of hydrogen-bond acceptors (Lipinski definition) is 4. The lowest BCUT2D eigenvalue weighted by Crippen LogP contribution is -2.36. The van der Waals surface area contributed by atoms with Gasteiger partial charge in [0.15, 0.2) is 0 Å². The van der Waals surface area contributed by atoms with E-state index in [1.54, 1.807) is 11.9 Å². The fourth-order valence-corrected chi connectivity index (χ4v) is 2.15. The van der Waals surface area contributed by atoms with Crippen molar-refractivity contribution in [3.63, 3.8) is 0 Å². The van der Waals surface area contributed by atoms with E-state index >= 15 is 0 Å². The fourth-order valence-electron chi connectivity index (χ4n) is 2.15. The molecule has 0 spiro atoms. The predicted octanol–water partition coefficient (Wildman–Crippen LogP) is 2.40. The van der Waals surface area contributed by atoms with E-state index in [9.17, 15) is 4.79 Å². The standard InChI is InChI=1S/C18H28N2O3/c1-14(23-13-15-5-6-15)18(21)20(4)16-7-9-17(10-8-16)22-12-11-19(2)3/h7-10,14-15H,5-6,11-13H2,1-4H3/t14-/m1/s1. The van der Waals surface area contributed by atoms with Crippen LogP contribution in [0.4, 0.5) is 5.69 Å². The molecule has 0 radical (unpaired) electrons. The molecule has 5 heteroatoms. The van der Waals surface area contributed by atoms with Crippen molar-refractivity contribution < 1.29 is 14.3 Å². The van der Waals surface area contributed by atoms with Crippen LogP contribution in [0.5, 0.6) is 5.75 Å².